The van der Waals surface area contributed by atoms with Crippen LogP contribution in [0.2, 0.25) is 5.02 Å². The Hall–Kier alpha value is -4.99. The number of pyridine rings is 1. The maximum atomic E-state index is 14.0. The summed E-state index contributed by atoms with van der Waals surface area (Å²) < 4.78 is 62.1. The number of carbonyl (C=O) groups excluding carboxylic acids is 1. The molecule has 0 bridgehead atoms. The second-order valence-corrected chi connectivity index (χ2v) is 21.7. The molecule has 2 aromatic heterocycles. The lowest BCUT2D eigenvalue weighted by molar-refractivity contribution is 0.0979. The zero-order valence-electron chi connectivity index (χ0n) is 35.5. The molecule has 15 heteroatoms. The minimum Gasteiger partial charge on any atom is -0.455 e. The summed E-state index contributed by atoms with van der Waals surface area (Å²) in [5, 5.41) is 4.83. The minimum absolute atomic E-state index is 0.0182. The summed E-state index contributed by atoms with van der Waals surface area (Å²) in [7, 11) is -6.35. The highest BCUT2D eigenvalue weighted by atomic mass is 35.5. The number of hydrogen-bond donors (Lipinski definition) is 3. The number of piperidine rings is 1. The number of fused-ring (bicyclic) bond motifs is 1. The molecule has 1 saturated heterocycles. The van der Waals surface area contributed by atoms with Gasteiger partial charge in [-0.2, -0.15) is 0 Å². The molecule has 3 aromatic carbocycles. The number of aromatic amines is 1. The molecule has 3 aliphatic rings. The van der Waals surface area contributed by atoms with E-state index in [9.17, 15) is 21.6 Å². The first-order valence-corrected chi connectivity index (χ1v) is 24.7. The summed E-state index contributed by atoms with van der Waals surface area (Å²) in [6, 6.07) is 20.8. The lowest BCUT2D eigenvalue weighted by Crippen LogP contribution is -2.37. The zero-order valence-corrected chi connectivity index (χ0v) is 37.9. The lowest BCUT2D eigenvalue weighted by atomic mass is 9.72. The van der Waals surface area contributed by atoms with E-state index in [4.69, 9.17) is 16.3 Å². The number of sulfone groups is 1. The number of benzene rings is 3. The van der Waals surface area contributed by atoms with Crippen LogP contribution in [0.25, 0.3) is 22.2 Å². The minimum atomic E-state index is -4.53. The van der Waals surface area contributed by atoms with Crippen LogP contribution in [-0.2, 0) is 19.9 Å². The van der Waals surface area contributed by atoms with E-state index in [0.717, 1.165) is 105 Å². The number of nitrogens with one attached hydrogen (secondary N) is 3. The molecule has 3 N–H and O–H groups in total. The molecule has 5 aromatic rings. The first-order chi connectivity index (χ1) is 29.5. The van der Waals surface area contributed by atoms with Gasteiger partial charge in [-0.15, -0.1) is 0 Å². The van der Waals surface area contributed by atoms with Gasteiger partial charge in [0.15, 0.2) is 9.84 Å². The molecule has 8 rings (SSSR count). The predicted octanol–water partition coefficient (Wildman–Crippen LogP) is 8.79. The van der Waals surface area contributed by atoms with Crippen LogP contribution in [0.15, 0.2) is 107 Å². The Morgan fingerprint density at radius 1 is 0.952 bits per heavy atom. The number of rotatable bonds is 12. The van der Waals surface area contributed by atoms with Crippen LogP contribution in [0.3, 0.4) is 0 Å². The van der Waals surface area contributed by atoms with Crippen molar-refractivity contribution in [1.82, 2.24) is 24.5 Å². The number of nitrogens with zero attached hydrogens (tertiary/aromatic N) is 3. The van der Waals surface area contributed by atoms with Crippen molar-refractivity contribution in [3.8, 4) is 11.5 Å². The predicted molar refractivity (Wildman–Crippen MR) is 246 cm³/mol. The van der Waals surface area contributed by atoms with Crippen LogP contribution in [0, 0.1) is 5.41 Å². The Morgan fingerprint density at radius 3 is 2.44 bits per heavy atom. The molecule has 0 atom stereocenters. The monoisotopic (exact) mass is 896 g/mol. The quantitative estimate of drug-likeness (QED) is 0.111. The van der Waals surface area contributed by atoms with Gasteiger partial charge in [-0.1, -0.05) is 55.3 Å². The number of aromatic nitrogens is 2. The van der Waals surface area contributed by atoms with Crippen molar-refractivity contribution >= 4 is 65.2 Å². The molecule has 1 fully saturated rings. The summed E-state index contributed by atoms with van der Waals surface area (Å²) in [5.41, 5.74) is 7.23. The Balaban J connectivity index is 1.04. The number of likely N-dealkylation sites (tertiary alicyclic amines) is 1. The molecule has 1 amide bonds. The summed E-state index contributed by atoms with van der Waals surface area (Å²) in [6.07, 6.45) is 12.1. The van der Waals surface area contributed by atoms with Gasteiger partial charge in [0, 0.05) is 48.5 Å². The number of carbonyl (C=O) groups is 1. The smallest absolute Gasteiger partial charge is 0.268 e. The number of anilines is 1. The van der Waals surface area contributed by atoms with Gasteiger partial charge in [-0.05, 0) is 141 Å². The van der Waals surface area contributed by atoms with E-state index >= 15 is 0 Å². The summed E-state index contributed by atoms with van der Waals surface area (Å²) in [5.74, 6) is -0.422. The first kappa shape index (κ1) is 43.7. The number of amides is 1. The molecule has 1 aliphatic carbocycles. The number of H-pyrrole nitrogens is 1. The van der Waals surface area contributed by atoms with Crippen LogP contribution in [-0.4, -0.2) is 94.6 Å². The maximum Gasteiger partial charge on any atom is 0.268 e. The van der Waals surface area contributed by atoms with E-state index in [2.05, 4.69) is 61.9 Å². The molecule has 2 aliphatic heterocycles. The highest BCUT2D eigenvalue weighted by molar-refractivity contribution is 7.91. The van der Waals surface area contributed by atoms with Crippen LogP contribution in [0.1, 0.15) is 73.9 Å². The largest absolute Gasteiger partial charge is 0.455 e. The Labute approximate surface area is 369 Å². The molecule has 12 nitrogen and oxygen atoms in total. The summed E-state index contributed by atoms with van der Waals surface area (Å²) >= 11 is 6.24. The topological polar surface area (TPSA) is 154 Å². The summed E-state index contributed by atoms with van der Waals surface area (Å²) in [4.78, 5) is 25.6. The van der Waals surface area contributed by atoms with Crippen LogP contribution < -0.4 is 14.8 Å². The van der Waals surface area contributed by atoms with E-state index in [-0.39, 0.29) is 32.6 Å². The molecule has 326 valence electrons. The van der Waals surface area contributed by atoms with E-state index in [1.54, 1.807) is 30.5 Å². The van der Waals surface area contributed by atoms with Crippen molar-refractivity contribution in [2.24, 2.45) is 5.41 Å². The van der Waals surface area contributed by atoms with Crippen molar-refractivity contribution in [3.05, 3.63) is 119 Å². The molecule has 0 radical (unpaired) electrons. The van der Waals surface area contributed by atoms with Gasteiger partial charge < -0.3 is 19.9 Å². The molecular formula is C47H53ClN6O6S2. The van der Waals surface area contributed by atoms with E-state index in [1.807, 2.05) is 25.2 Å². The van der Waals surface area contributed by atoms with Crippen LogP contribution in [0.5, 0.6) is 11.5 Å². The summed E-state index contributed by atoms with van der Waals surface area (Å²) in [6.45, 7) is 8.82. The third-order valence-electron chi connectivity index (χ3n) is 12.3. The Kier molecular flexibility index (Phi) is 12.4. The molecule has 4 heterocycles. The number of sulfonamides is 1. The van der Waals surface area contributed by atoms with Gasteiger partial charge in [0.25, 0.3) is 15.9 Å². The third kappa shape index (κ3) is 10.1. The first-order valence-electron chi connectivity index (χ1n) is 21.0. The fourth-order valence-electron chi connectivity index (χ4n) is 8.65. The molecule has 62 heavy (non-hydrogen) atoms. The normalized spacial score (nSPS) is 18.1. The number of ether oxygens (including phenoxy) is 1. The highest BCUT2D eigenvalue weighted by Gasteiger charge is 2.30. The SMILES string of the molecule is CN1CCC(Nc2ccc(S(=O)(=O)NC(=O)c3ccc(C4=CCN(CC5=C(c6ccc(Cl)cc6)CC(C)(C)CC5)CC4)cc3Oc3cnc4[nH]ccc4c3)cc2S(C)(=O)=O)CC1. The van der Waals surface area contributed by atoms with Crippen molar-refractivity contribution < 1.29 is 26.4 Å². The third-order valence-corrected chi connectivity index (χ3v) is 15.0. The highest BCUT2D eigenvalue weighted by Crippen LogP contribution is 2.44. The van der Waals surface area contributed by atoms with Crippen LogP contribution in [0.4, 0.5) is 5.69 Å². The van der Waals surface area contributed by atoms with E-state index in [0.29, 0.717) is 17.1 Å². The zero-order chi connectivity index (χ0) is 43.8. The average molecular weight is 898 g/mol. The second kappa shape index (κ2) is 17.6. The maximum absolute atomic E-state index is 14.0. The number of hydrogen-bond acceptors (Lipinski definition) is 10. The lowest BCUT2D eigenvalue weighted by Gasteiger charge is -2.36. The van der Waals surface area contributed by atoms with Gasteiger partial charge in [-0.3, -0.25) is 9.69 Å². The van der Waals surface area contributed by atoms with Gasteiger partial charge in [0.05, 0.1) is 27.2 Å². The van der Waals surface area contributed by atoms with Gasteiger partial charge in [-0.25, -0.2) is 26.5 Å². The van der Waals surface area contributed by atoms with E-state index < -0.39 is 25.8 Å². The van der Waals surface area contributed by atoms with Crippen molar-refractivity contribution in [3.63, 3.8) is 0 Å². The molecular weight excluding hydrogens is 844 g/mol. The van der Waals surface area contributed by atoms with E-state index in [1.165, 1.54) is 35.0 Å². The fourth-order valence-corrected chi connectivity index (χ4v) is 10.7. The van der Waals surface area contributed by atoms with Gasteiger partial charge in [0.2, 0.25) is 0 Å². The Morgan fingerprint density at radius 2 is 1.71 bits per heavy atom. The fraction of sp³-hybridized carbons (Fsp3) is 0.362. The molecule has 0 unspecified atom stereocenters. The van der Waals surface area contributed by atoms with Crippen molar-refractivity contribution in [2.75, 3.05) is 51.3 Å². The number of allylic oxidation sites excluding steroid dienone is 1. The Bertz CT molecular complexity index is 2790. The van der Waals surface area contributed by atoms with Crippen molar-refractivity contribution in [2.45, 2.75) is 68.2 Å². The molecule has 0 saturated carbocycles. The van der Waals surface area contributed by atoms with Crippen molar-refractivity contribution in [1.29, 1.82) is 0 Å². The average Bonchev–Trinajstić information content (AvgIpc) is 3.70. The second-order valence-electron chi connectivity index (χ2n) is 17.6. The molecule has 0 spiro atoms. The standard InChI is InChI=1S/C47H53ClN6O6S2/c1-47(2)19-13-35(41(28-47)32-5-8-36(48)9-6-32)30-54-23-15-31(16-24-54)33-7-11-40(43(26-33)60-38-25-34-14-20-49-45(34)50-29-38)46(55)52-62(58,59)39-10-12-42(44(27-39)61(4,56)57)51-37-17-21-53(3)22-18-37/h5-12,14-15,20,25-27,29,37,51H,13,16-19,21-24,28,30H2,1-4H3,(H,49,50)(H,52,55). The van der Waals surface area contributed by atoms with Gasteiger partial charge >= 0.3 is 0 Å². The van der Waals surface area contributed by atoms with Crippen LogP contribution >= 0.6 is 11.6 Å². The number of halogens is 1. The van der Waals surface area contributed by atoms with Gasteiger partial charge in [0.1, 0.15) is 17.1 Å².